The number of ether oxygens (including phenoxy) is 1. The van der Waals surface area contributed by atoms with Crippen LogP contribution in [-0.2, 0) is 16.0 Å². The first-order chi connectivity index (χ1) is 14.2. The second-order valence-electron chi connectivity index (χ2n) is 7.91. The summed E-state index contributed by atoms with van der Waals surface area (Å²) in [5, 5.41) is 10.0. The first-order valence-electron chi connectivity index (χ1n) is 10.0. The fraction of sp³-hybridized carbons (Fsp3) is 0.435. The van der Waals surface area contributed by atoms with Crippen molar-refractivity contribution >= 4 is 22.8 Å². The van der Waals surface area contributed by atoms with Gasteiger partial charge in [0.05, 0.1) is 12.0 Å². The number of carbonyl (C=O) groups is 2. The van der Waals surface area contributed by atoms with Crippen LogP contribution in [0.3, 0.4) is 0 Å². The van der Waals surface area contributed by atoms with Crippen molar-refractivity contribution < 1.29 is 23.8 Å². The Hall–Kier alpha value is -3.09. The largest absolute Gasteiger partial charge is 0.489 e. The Kier molecular flexibility index (Phi) is 6.29. The van der Waals surface area contributed by atoms with Gasteiger partial charge in [0.25, 0.3) is 0 Å². The molecule has 0 radical (unpaired) electrons. The van der Waals surface area contributed by atoms with Crippen molar-refractivity contribution in [1.82, 2.24) is 4.90 Å². The molecule has 0 saturated carbocycles. The van der Waals surface area contributed by atoms with E-state index in [1.807, 2.05) is 39.0 Å². The minimum atomic E-state index is -1.01. The molecular weight excluding hydrogens is 386 g/mol. The molecule has 1 atom stereocenters. The lowest BCUT2D eigenvalue weighted by Crippen LogP contribution is -2.41. The number of allylic oxidation sites excluding steroid dienone is 1. The highest BCUT2D eigenvalue weighted by Crippen LogP contribution is 2.30. The number of benzene rings is 1. The van der Waals surface area contributed by atoms with Gasteiger partial charge in [-0.1, -0.05) is 5.57 Å². The van der Waals surface area contributed by atoms with Crippen molar-refractivity contribution in [3.8, 4) is 5.75 Å². The lowest BCUT2D eigenvalue weighted by molar-refractivity contribution is -0.148. The molecule has 1 aromatic carbocycles. The maximum absolute atomic E-state index is 12.7. The predicted molar refractivity (Wildman–Crippen MR) is 113 cm³/mol. The van der Waals surface area contributed by atoms with Gasteiger partial charge in [-0.3, -0.25) is 4.79 Å². The number of nitrogens with zero attached hydrogens (tertiary/aromatic N) is 1. The number of fused-ring (bicyclic) bond motifs is 1. The highest BCUT2D eigenvalue weighted by atomic mass is 16.5. The molecule has 7 nitrogen and oxygen atoms in total. The number of carbonyl (C=O) groups excluding carboxylic acids is 1. The number of rotatable bonds is 6. The van der Waals surface area contributed by atoms with Crippen LogP contribution in [-0.4, -0.2) is 41.1 Å². The summed E-state index contributed by atoms with van der Waals surface area (Å²) in [6.45, 7) is 8.40. The van der Waals surface area contributed by atoms with Crippen molar-refractivity contribution in [1.29, 1.82) is 0 Å². The molecule has 1 aliphatic rings. The maximum Gasteiger partial charge on any atom is 0.340 e. The normalized spacial score (nSPS) is 16.0. The minimum absolute atomic E-state index is 0.175. The molecule has 7 heteroatoms. The van der Waals surface area contributed by atoms with Gasteiger partial charge in [0.15, 0.2) is 0 Å². The summed E-state index contributed by atoms with van der Waals surface area (Å²) in [5.74, 6) is -0.750. The third-order valence-corrected chi connectivity index (χ3v) is 5.57. The van der Waals surface area contributed by atoms with Crippen molar-refractivity contribution in [2.45, 2.75) is 53.0 Å². The summed E-state index contributed by atoms with van der Waals surface area (Å²) >= 11 is 0. The Morgan fingerprint density at radius 3 is 2.67 bits per heavy atom. The van der Waals surface area contributed by atoms with Gasteiger partial charge < -0.3 is 19.2 Å². The number of carboxylic acid groups (broad SMARTS) is 1. The molecule has 1 saturated heterocycles. The smallest absolute Gasteiger partial charge is 0.340 e. The van der Waals surface area contributed by atoms with Gasteiger partial charge in [0.2, 0.25) is 5.91 Å². The molecule has 160 valence electrons. The van der Waals surface area contributed by atoms with E-state index in [0.29, 0.717) is 42.9 Å². The van der Waals surface area contributed by atoms with Crippen LogP contribution in [0.5, 0.6) is 5.75 Å². The van der Waals surface area contributed by atoms with Gasteiger partial charge in [-0.05, 0) is 64.3 Å². The van der Waals surface area contributed by atoms with Crippen molar-refractivity contribution in [3.63, 3.8) is 0 Å². The number of aliphatic carboxylic acids is 1. The van der Waals surface area contributed by atoms with Crippen LogP contribution in [0, 0.1) is 13.8 Å². The van der Waals surface area contributed by atoms with Crippen LogP contribution in [0.25, 0.3) is 11.0 Å². The van der Waals surface area contributed by atoms with Gasteiger partial charge in [0.1, 0.15) is 24.0 Å². The summed E-state index contributed by atoms with van der Waals surface area (Å²) in [7, 11) is 0. The number of amides is 1. The van der Waals surface area contributed by atoms with Crippen LogP contribution in [0.15, 0.2) is 33.0 Å². The quantitative estimate of drug-likeness (QED) is 0.576. The molecule has 1 amide bonds. The van der Waals surface area contributed by atoms with Crippen molar-refractivity contribution in [3.05, 3.63) is 50.9 Å². The molecule has 30 heavy (non-hydrogen) atoms. The van der Waals surface area contributed by atoms with Crippen LogP contribution in [0.2, 0.25) is 0 Å². The van der Waals surface area contributed by atoms with Crippen LogP contribution < -0.4 is 10.4 Å². The molecule has 0 aliphatic carbocycles. The van der Waals surface area contributed by atoms with Gasteiger partial charge in [0, 0.05) is 17.5 Å². The molecule has 1 fully saturated rings. The highest BCUT2D eigenvalue weighted by Gasteiger charge is 2.34. The summed E-state index contributed by atoms with van der Waals surface area (Å²) in [6.07, 6.45) is 2.86. The average Bonchev–Trinajstić information content (AvgIpc) is 3.17. The summed E-state index contributed by atoms with van der Waals surface area (Å²) in [5.41, 5.74) is 2.66. The fourth-order valence-electron chi connectivity index (χ4n) is 3.80. The van der Waals surface area contributed by atoms with Gasteiger partial charge in [-0.25, -0.2) is 9.59 Å². The van der Waals surface area contributed by atoms with E-state index in [-0.39, 0.29) is 17.9 Å². The standard InChI is InChI=1S/C23H27NO6/c1-13(2)9-11-29-19-8-7-16-14(3)17(23(28)30-21(16)15(19)4)12-20(25)24-10-5-6-18(24)22(26)27/h7-9,18H,5-6,10-12H2,1-4H3,(H,26,27)/t18-/m0/s1. The van der Waals surface area contributed by atoms with E-state index >= 15 is 0 Å². The molecule has 0 bridgehead atoms. The lowest BCUT2D eigenvalue weighted by Gasteiger charge is -2.21. The Labute approximate surface area is 174 Å². The molecule has 2 aromatic rings. The third kappa shape index (κ3) is 4.25. The second-order valence-corrected chi connectivity index (χ2v) is 7.91. The molecular formula is C23H27NO6. The molecule has 1 N–H and O–H groups in total. The average molecular weight is 413 g/mol. The van der Waals surface area contributed by atoms with E-state index in [1.165, 1.54) is 4.90 Å². The van der Waals surface area contributed by atoms with E-state index in [9.17, 15) is 19.5 Å². The van der Waals surface area contributed by atoms with Crippen LogP contribution in [0.4, 0.5) is 0 Å². The monoisotopic (exact) mass is 413 g/mol. The SMILES string of the molecule is CC(C)=CCOc1ccc2c(C)c(CC(=O)N3CCC[C@H]3C(=O)O)c(=O)oc2c1C. The van der Waals surface area contributed by atoms with E-state index in [4.69, 9.17) is 9.15 Å². The van der Waals surface area contributed by atoms with Gasteiger partial charge in [-0.15, -0.1) is 0 Å². The highest BCUT2D eigenvalue weighted by molar-refractivity contribution is 5.89. The zero-order chi connectivity index (χ0) is 22.0. The zero-order valence-electron chi connectivity index (χ0n) is 17.8. The number of likely N-dealkylation sites (tertiary alicyclic amines) is 1. The Morgan fingerprint density at radius 1 is 1.27 bits per heavy atom. The second kappa shape index (κ2) is 8.73. The number of aryl methyl sites for hydroxylation is 2. The fourth-order valence-corrected chi connectivity index (χ4v) is 3.80. The van der Waals surface area contributed by atoms with E-state index in [0.717, 1.165) is 16.5 Å². The van der Waals surface area contributed by atoms with Crippen molar-refractivity contribution in [2.75, 3.05) is 13.2 Å². The first kappa shape index (κ1) is 21.6. The number of hydrogen-bond donors (Lipinski definition) is 1. The van der Waals surface area contributed by atoms with Crippen LogP contribution in [0.1, 0.15) is 43.4 Å². The van der Waals surface area contributed by atoms with Gasteiger partial charge >= 0.3 is 11.6 Å². The topological polar surface area (TPSA) is 97.0 Å². The predicted octanol–water partition coefficient (Wildman–Crippen LogP) is 3.37. The summed E-state index contributed by atoms with van der Waals surface area (Å²) < 4.78 is 11.3. The van der Waals surface area contributed by atoms with E-state index < -0.39 is 17.6 Å². The summed E-state index contributed by atoms with van der Waals surface area (Å²) in [4.78, 5) is 38.1. The molecule has 1 aromatic heterocycles. The number of hydrogen-bond acceptors (Lipinski definition) is 5. The first-order valence-corrected chi connectivity index (χ1v) is 10.0. The third-order valence-electron chi connectivity index (χ3n) is 5.57. The number of carboxylic acids is 1. The van der Waals surface area contributed by atoms with Crippen molar-refractivity contribution in [2.24, 2.45) is 0 Å². The maximum atomic E-state index is 12.7. The molecule has 0 unspecified atom stereocenters. The molecule has 1 aliphatic heterocycles. The van der Waals surface area contributed by atoms with E-state index in [2.05, 4.69) is 0 Å². The summed E-state index contributed by atoms with van der Waals surface area (Å²) in [6, 6.07) is 2.83. The van der Waals surface area contributed by atoms with E-state index in [1.54, 1.807) is 6.92 Å². The minimum Gasteiger partial charge on any atom is -0.489 e. The lowest BCUT2D eigenvalue weighted by atomic mass is 10.0. The molecule has 2 heterocycles. The van der Waals surface area contributed by atoms with Gasteiger partial charge in [-0.2, -0.15) is 0 Å². The Morgan fingerprint density at radius 2 is 2.00 bits per heavy atom. The molecule has 3 rings (SSSR count). The Balaban J connectivity index is 1.92. The van der Waals surface area contributed by atoms with Crippen LogP contribution >= 0.6 is 0 Å². The zero-order valence-corrected chi connectivity index (χ0v) is 17.8. The Bertz CT molecular complexity index is 1080. The molecule has 0 spiro atoms.